The maximum atomic E-state index is 13.6. The number of benzene rings is 1. The number of nitrogens with one attached hydrogen (secondary N) is 1. The van der Waals surface area contributed by atoms with Gasteiger partial charge in [0, 0.05) is 18.8 Å². The van der Waals surface area contributed by atoms with E-state index in [2.05, 4.69) is 4.98 Å². The first-order chi connectivity index (χ1) is 10.3. The van der Waals surface area contributed by atoms with Crippen molar-refractivity contribution in [3.05, 3.63) is 57.1 Å². The van der Waals surface area contributed by atoms with Gasteiger partial charge in [-0.2, -0.15) is 8.78 Å². The molecule has 0 saturated carbocycles. The lowest BCUT2D eigenvalue weighted by atomic mass is 10.2. The van der Waals surface area contributed by atoms with E-state index < -0.39 is 16.5 Å². The van der Waals surface area contributed by atoms with Crippen LogP contribution in [0.3, 0.4) is 0 Å². The van der Waals surface area contributed by atoms with E-state index in [0.29, 0.717) is 5.69 Å². The standard InChI is InChI=1S/C14H10ClF2N3OS/c1-19-11-9(14(15,16)17)7-10(21)18-12(11)20(13(19)22)8-5-3-2-4-6-8/h2-7H,1H3,(H,18,21). The molecular formula is C14H10ClF2N3OS. The van der Waals surface area contributed by atoms with Crippen molar-refractivity contribution in [2.45, 2.75) is 5.38 Å². The molecule has 3 aromatic rings. The summed E-state index contributed by atoms with van der Waals surface area (Å²) in [5.74, 6) is 0. The number of fused-ring (bicyclic) bond motifs is 1. The van der Waals surface area contributed by atoms with Crippen LogP contribution in [0.15, 0.2) is 41.2 Å². The van der Waals surface area contributed by atoms with Crippen LogP contribution < -0.4 is 5.56 Å². The molecule has 2 aromatic heterocycles. The Morgan fingerprint density at radius 2 is 1.91 bits per heavy atom. The van der Waals surface area contributed by atoms with E-state index in [1.165, 1.54) is 9.13 Å². The number of para-hydroxylation sites is 1. The van der Waals surface area contributed by atoms with Crippen LogP contribution in [0.5, 0.6) is 0 Å². The summed E-state index contributed by atoms with van der Waals surface area (Å²) in [6.07, 6.45) is 0. The minimum absolute atomic E-state index is 0.0912. The third-order valence-corrected chi connectivity index (χ3v) is 4.01. The highest BCUT2D eigenvalue weighted by Gasteiger charge is 2.33. The number of hydrogen-bond acceptors (Lipinski definition) is 2. The smallest absolute Gasteiger partial charge is 0.318 e. The third-order valence-electron chi connectivity index (χ3n) is 3.35. The number of H-pyrrole nitrogens is 1. The first kappa shape index (κ1) is 14.9. The van der Waals surface area contributed by atoms with Gasteiger partial charge < -0.3 is 9.55 Å². The molecule has 0 atom stereocenters. The van der Waals surface area contributed by atoms with Crippen LogP contribution in [0, 0.1) is 4.77 Å². The lowest BCUT2D eigenvalue weighted by Crippen LogP contribution is -2.14. The summed E-state index contributed by atoms with van der Waals surface area (Å²) in [5, 5.41) is -3.67. The van der Waals surface area contributed by atoms with Crippen LogP contribution in [0.1, 0.15) is 5.56 Å². The lowest BCUT2D eigenvalue weighted by Gasteiger charge is -2.10. The number of hydrogen-bond donors (Lipinski definition) is 1. The van der Waals surface area contributed by atoms with Gasteiger partial charge in [0.25, 0.3) is 0 Å². The largest absolute Gasteiger partial charge is 0.350 e. The highest BCUT2D eigenvalue weighted by Crippen LogP contribution is 2.36. The van der Waals surface area contributed by atoms with Gasteiger partial charge >= 0.3 is 5.38 Å². The molecule has 0 amide bonds. The minimum Gasteiger partial charge on any atom is -0.318 e. The monoisotopic (exact) mass is 341 g/mol. The number of halogens is 3. The van der Waals surface area contributed by atoms with E-state index in [9.17, 15) is 13.6 Å². The Balaban J connectivity index is 2.53. The van der Waals surface area contributed by atoms with Crippen molar-refractivity contribution in [3.8, 4) is 5.69 Å². The Kier molecular flexibility index (Phi) is 3.41. The van der Waals surface area contributed by atoms with E-state index in [1.807, 2.05) is 6.07 Å². The average Bonchev–Trinajstić information content (AvgIpc) is 2.70. The van der Waals surface area contributed by atoms with Gasteiger partial charge in [-0.3, -0.25) is 9.36 Å². The zero-order valence-corrected chi connectivity index (χ0v) is 12.9. The topological polar surface area (TPSA) is 42.7 Å². The van der Waals surface area contributed by atoms with Crippen molar-refractivity contribution in [2.75, 3.05) is 0 Å². The summed E-state index contributed by atoms with van der Waals surface area (Å²) in [7, 11) is 1.55. The highest BCUT2D eigenvalue weighted by atomic mass is 35.5. The summed E-state index contributed by atoms with van der Waals surface area (Å²) in [6.45, 7) is 0. The second kappa shape index (κ2) is 5.03. The SMILES string of the molecule is Cn1c(=S)n(-c2ccccc2)c2[nH]c(=O)cc(C(F)(F)Cl)c21. The van der Waals surface area contributed by atoms with E-state index in [-0.39, 0.29) is 15.9 Å². The molecule has 22 heavy (non-hydrogen) atoms. The van der Waals surface area contributed by atoms with Crippen molar-refractivity contribution in [3.63, 3.8) is 0 Å². The fraction of sp³-hybridized carbons (Fsp3) is 0.143. The average molecular weight is 342 g/mol. The Labute approximate surface area is 133 Å². The predicted octanol–water partition coefficient (Wildman–Crippen LogP) is 3.67. The second-order valence-corrected chi connectivity index (χ2v) is 5.59. The van der Waals surface area contributed by atoms with E-state index >= 15 is 0 Å². The van der Waals surface area contributed by atoms with Crippen molar-refractivity contribution >= 4 is 35.0 Å². The molecule has 2 heterocycles. The van der Waals surface area contributed by atoms with Crippen molar-refractivity contribution < 1.29 is 8.78 Å². The van der Waals surface area contributed by atoms with Crippen molar-refractivity contribution in [1.29, 1.82) is 0 Å². The number of alkyl halides is 3. The van der Waals surface area contributed by atoms with Crippen LogP contribution >= 0.6 is 23.8 Å². The Morgan fingerprint density at radius 3 is 2.50 bits per heavy atom. The molecule has 0 spiro atoms. The normalized spacial score (nSPS) is 12.0. The summed E-state index contributed by atoms with van der Waals surface area (Å²) < 4.78 is 30.5. The van der Waals surface area contributed by atoms with E-state index in [0.717, 1.165) is 6.07 Å². The van der Waals surface area contributed by atoms with Crippen LogP contribution in [0.2, 0.25) is 0 Å². The molecule has 0 unspecified atom stereocenters. The first-order valence-electron chi connectivity index (χ1n) is 6.28. The molecule has 8 heteroatoms. The number of imidazole rings is 1. The summed E-state index contributed by atoms with van der Waals surface area (Å²) >= 11 is 10.5. The molecule has 0 fully saturated rings. The molecule has 0 saturated heterocycles. The first-order valence-corrected chi connectivity index (χ1v) is 7.06. The number of aromatic amines is 1. The maximum absolute atomic E-state index is 13.6. The van der Waals surface area contributed by atoms with Gasteiger partial charge in [0.1, 0.15) is 5.65 Å². The number of pyridine rings is 1. The summed E-state index contributed by atoms with van der Waals surface area (Å²) in [5.41, 5.74) is -0.317. The zero-order chi connectivity index (χ0) is 16.1. The third kappa shape index (κ3) is 2.26. The van der Waals surface area contributed by atoms with Gasteiger partial charge in [-0.15, -0.1) is 0 Å². The number of nitrogens with zero attached hydrogens (tertiary/aromatic N) is 2. The number of aromatic nitrogens is 3. The fourth-order valence-electron chi connectivity index (χ4n) is 2.41. The predicted molar refractivity (Wildman–Crippen MR) is 83.4 cm³/mol. The molecule has 0 aliphatic carbocycles. The highest BCUT2D eigenvalue weighted by molar-refractivity contribution is 7.71. The molecule has 0 radical (unpaired) electrons. The zero-order valence-electron chi connectivity index (χ0n) is 11.3. The Morgan fingerprint density at radius 1 is 1.27 bits per heavy atom. The second-order valence-electron chi connectivity index (χ2n) is 4.75. The molecule has 114 valence electrons. The summed E-state index contributed by atoms with van der Waals surface area (Å²) in [4.78, 5) is 14.3. The van der Waals surface area contributed by atoms with Gasteiger partial charge in [-0.25, -0.2) is 0 Å². The van der Waals surface area contributed by atoms with Gasteiger partial charge in [-0.05, 0) is 36.0 Å². The minimum atomic E-state index is -3.67. The molecule has 1 N–H and O–H groups in total. The molecule has 0 bridgehead atoms. The molecule has 4 nitrogen and oxygen atoms in total. The van der Waals surface area contributed by atoms with Crippen molar-refractivity contribution in [1.82, 2.24) is 14.1 Å². The quantitative estimate of drug-likeness (QED) is 0.571. The summed E-state index contributed by atoms with van der Waals surface area (Å²) in [6, 6.07) is 9.71. The molecule has 3 rings (SSSR count). The lowest BCUT2D eigenvalue weighted by molar-refractivity contribution is 0.0963. The van der Waals surface area contributed by atoms with Crippen LogP contribution in [-0.4, -0.2) is 14.1 Å². The number of rotatable bonds is 2. The Bertz CT molecular complexity index is 970. The van der Waals surface area contributed by atoms with Crippen LogP contribution in [0.25, 0.3) is 16.9 Å². The van der Waals surface area contributed by atoms with Gasteiger partial charge in [0.05, 0.1) is 11.1 Å². The van der Waals surface area contributed by atoms with Crippen LogP contribution in [-0.2, 0) is 12.4 Å². The molecule has 0 aliphatic rings. The molecule has 0 aliphatic heterocycles. The van der Waals surface area contributed by atoms with Gasteiger partial charge in [0.15, 0.2) is 4.77 Å². The molecular weight excluding hydrogens is 332 g/mol. The van der Waals surface area contributed by atoms with Gasteiger partial charge in [-0.1, -0.05) is 18.2 Å². The van der Waals surface area contributed by atoms with Crippen molar-refractivity contribution in [2.24, 2.45) is 7.05 Å². The van der Waals surface area contributed by atoms with Crippen LogP contribution in [0.4, 0.5) is 8.78 Å². The van der Waals surface area contributed by atoms with E-state index in [1.54, 1.807) is 31.3 Å². The van der Waals surface area contributed by atoms with E-state index in [4.69, 9.17) is 23.8 Å². The molecule has 1 aromatic carbocycles. The fourth-order valence-corrected chi connectivity index (χ4v) is 2.85. The maximum Gasteiger partial charge on any atom is 0.350 e. The number of aryl methyl sites for hydroxylation is 1. The Hall–Kier alpha value is -1.99. The van der Waals surface area contributed by atoms with Gasteiger partial charge in [0.2, 0.25) is 5.56 Å².